The molecule has 6 heteroatoms. The third-order valence-electron chi connectivity index (χ3n) is 1.74. The highest BCUT2D eigenvalue weighted by Gasteiger charge is 2.13. The van der Waals surface area contributed by atoms with E-state index in [1.54, 1.807) is 0 Å². The third kappa shape index (κ3) is 3.16. The topological polar surface area (TPSA) is 51.2 Å². The first-order chi connectivity index (χ1) is 7.15. The number of alkyl carbamates (subject to hydrolysis) is 1. The normalized spacial score (nSPS) is 10.1. The molecule has 0 aliphatic heterocycles. The number of carbonyl (C=O) groups excluding carboxylic acids is 1. The summed E-state index contributed by atoms with van der Waals surface area (Å²) < 4.78 is 29.5. The van der Waals surface area contributed by atoms with Crippen LogP contribution in [0.2, 0.25) is 0 Å². The molecule has 0 saturated heterocycles. The number of pyridine rings is 1. The summed E-state index contributed by atoms with van der Waals surface area (Å²) in [7, 11) is 1.39. The first-order valence-electron chi connectivity index (χ1n) is 4.20. The van der Waals surface area contributed by atoms with Crippen LogP contribution in [0.5, 0.6) is 0 Å². The molecule has 1 heterocycles. The number of alkyl halides is 2. The number of hydrogen-bond acceptors (Lipinski definition) is 3. The number of amides is 1. The van der Waals surface area contributed by atoms with Gasteiger partial charge in [0.05, 0.1) is 0 Å². The molecular weight excluding hydrogens is 206 g/mol. The minimum absolute atomic E-state index is 0.172. The molecular formula is C9H10F2N2O2. The Bertz CT molecular complexity index is 345. The number of ether oxygens (including phenoxy) is 1. The molecule has 1 N–H and O–H groups in total. The van der Waals surface area contributed by atoms with E-state index < -0.39 is 12.5 Å². The molecule has 0 atom stereocenters. The van der Waals surface area contributed by atoms with Crippen LogP contribution in [0.3, 0.4) is 0 Å². The van der Waals surface area contributed by atoms with Crippen molar-refractivity contribution in [3.8, 4) is 0 Å². The summed E-state index contributed by atoms with van der Waals surface area (Å²) in [5.74, 6) is 0. The van der Waals surface area contributed by atoms with E-state index in [9.17, 15) is 13.6 Å². The SMILES string of the molecule is CNC(=O)OCc1cnccc1C(F)F. The van der Waals surface area contributed by atoms with Gasteiger partial charge in [-0.25, -0.2) is 13.6 Å². The van der Waals surface area contributed by atoms with Crippen molar-refractivity contribution in [3.63, 3.8) is 0 Å². The minimum Gasteiger partial charge on any atom is -0.445 e. The van der Waals surface area contributed by atoms with E-state index in [1.807, 2.05) is 0 Å². The van der Waals surface area contributed by atoms with Crippen LogP contribution in [0.25, 0.3) is 0 Å². The Kier molecular flexibility index (Phi) is 3.96. The number of nitrogens with zero attached hydrogens (tertiary/aromatic N) is 1. The second-order valence-electron chi connectivity index (χ2n) is 2.70. The molecule has 0 aliphatic carbocycles. The summed E-state index contributed by atoms with van der Waals surface area (Å²) in [6.45, 7) is -0.215. The van der Waals surface area contributed by atoms with Gasteiger partial charge in [0.25, 0.3) is 6.43 Å². The van der Waals surface area contributed by atoms with Crippen LogP contribution < -0.4 is 5.32 Å². The van der Waals surface area contributed by atoms with Crippen LogP contribution in [-0.2, 0) is 11.3 Å². The van der Waals surface area contributed by atoms with Crippen molar-refractivity contribution in [2.45, 2.75) is 13.0 Å². The van der Waals surface area contributed by atoms with Crippen molar-refractivity contribution in [2.24, 2.45) is 0 Å². The maximum absolute atomic E-state index is 12.4. The number of rotatable bonds is 3. The van der Waals surface area contributed by atoms with Crippen LogP contribution in [-0.4, -0.2) is 18.1 Å². The highest BCUT2D eigenvalue weighted by molar-refractivity contribution is 5.66. The van der Waals surface area contributed by atoms with Crippen molar-refractivity contribution in [1.29, 1.82) is 0 Å². The van der Waals surface area contributed by atoms with Gasteiger partial charge in [-0.3, -0.25) is 4.98 Å². The number of hydrogen-bond donors (Lipinski definition) is 1. The van der Waals surface area contributed by atoms with E-state index in [4.69, 9.17) is 0 Å². The molecule has 0 radical (unpaired) electrons. The minimum atomic E-state index is -2.60. The summed E-state index contributed by atoms with van der Waals surface area (Å²) in [6.07, 6.45) is -0.745. The predicted molar refractivity (Wildman–Crippen MR) is 48.4 cm³/mol. The van der Waals surface area contributed by atoms with Crippen LogP contribution in [0.1, 0.15) is 17.6 Å². The quantitative estimate of drug-likeness (QED) is 0.839. The maximum atomic E-state index is 12.4. The average Bonchev–Trinajstić information content (AvgIpc) is 2.26. The van der Waals surface area contributed by atoms with Gasteiger partial charge in [-0.2, -0.15) is 0 Å². The summed E-state index contributed by atoms with van der Waals surface area (Å²) in [4.78, 5) is 14.4. The zero-order valence-electron chi connectivity index (χ0n) is 8.04. The zero-order chi connectivity index (χ0) is 11.3. The Hall–Kier alpha value is -1.72. The number of nitrogens with one attached hydrogen (secondary N) is 1. The Morgan fingerprint density at radius 3 is 3.00 bits per heavy atom. The Labute approximate surface area is 85.3 Å². The monoisotopic (exact) mass is 216 g/mol. The van der Waals surface area contributed by atoms with Crippen LogP contribution in [0.4, 0.5) is 13.6 Å². The van der Waals surface area contributed by atoms with E-state index in [-0.39, 0.29) is 17.7 Å². The van der Waals surface area contributed by atoms with Crippen LogP contribution >= 0.6 is 0 Å². The standard InChI is InChI=1S/C9H10F2N2O2/c1-12-9(14)15-5-6-4-13-3-2-7(6)8(10)11/h2-4,8H,5H2,1H3,(H,12,14). The van der Waals surface area contributed by atoms with Crippen molar-refractivity contribution < 1.29 is 18.3 Å². The lowest BCUT2D eigenvalue weighted by Crippen LogP contribution is -2.19. The van der Waals surface area contributed by atoms with Crippen molar-refractivity contribution in [3.05, 3.63) is 29.6 Å². The van der Waals surface area contributed by atoms with Gasteiger partial charge in [-0.05, 0) is 6.07 Å². The molecule has 0 spiro atoms. The largest absolute Gasteiger partial charge is 0.445 e. The smallest absolute Gasteiger partial charge is 0.407 e. The Morgan fingerprint density at radius 1 is 1.67 bits per heavy atom. The fourth-order valence-electron chi connectivity index (χ4n) is 0.987. The lowest BCUT2D eigenvalue weighted by Gasteiger charge is -2.08. The first-order valence-corrected chi connectivity index (χ1v) is 4.20. The zero-order valence-corrected chi connectivity index (χ0v) is 8.04. The van der Waals surface area contributed by atoms with Gasteiger partial charge in [-0.1, -0.05) is 0 Å². The van der Waals surface area contributed by atoms with Gasteiger partial charge in [0.1, 0.15) is 6.61 Å². The molecule has 0 aromatic carbocycles. The van der Waals surface area contributed by atoms with Gasteiger partial charge >= 0.3 is 6.09 Å². The molecule has 1 aromatic heterocycles. The van der Waals surface area contributed by atoms with Crippen LogP contribution in [0.15, 0.2) is 18.5 Å². The molecule has 82 valence electrons. The average molecular weight is 216 g/mol. The molecule has 0 unspecified atom stereocenters. The summed E-state index contributed by atoms with van der Waals surface area (Å²) in [6, 6.07) is 1.20. The molecule has 1 amide bonds. The number of aromatic nitrogens is 1. The summed E-state index contributed by atoms with van der Waals surface area (Å²) >= 11 is 0. The summed E-state index contributed by atoms with van der Waals surface area (Å²) in [5.41, 5.74) is 0.0324. The number of carbonyl (C=O) groups is 1. The molecule has 1 rings (SSSR count). The van der Waals surface area contributed by atoms with Gasteiger partial charge in [0.2, 0.25) is 0 Å². The molecule has 0 aliphatic rings. The lowest BCUT2D eigenvalue weighted by atomic mass is 10.1. The van der Waals surface area contributed by atoms with Gasteiger partial charge in [0.15, 0.2) is 0 Å². The fourth-order valence-corrected chi connectivity index (χ4v) is 0.987. The molecule has 15 heavy (non-hydrogen) atoms. The maximum Gasteiger partial charge on any atom is 0.407 e. The first kappa shape index (κ1) is 11.4. The Balaban J connectivity index is 2.71. The highest BCUT2D eigenvalue weighted by Crippen LogP contribution is 2.22. The molecule has 1 aromatic rings. The fraction of sp³-hybridized carbons (Fsp3) is 0.333. The second kappa shape index (κ2) is 5.23. The van der Waals surface area contributed by atoms with Crippen molar-refractivity contribution in [2.75, 3.05) is 7.05 Å². The van der Waals surface area contributed by atoms with Gasteiger partial charge < -0.3 is 10.1 Å². The lowest BCUT2D eigenvalue weighted by molar-refractivity contribution is 0.131. The Morgan fingerprint density at radius 2 is 2.40 bits per heavy atom. The van der Waals surface area contributed by atoms with E-state index in [0.717, 1.165) is 0 Å². The van der Waals surface area contributed by atoms with E-state index in [0.29, 0.717) is 0 Å². The number of halogens is 2. The second-order valence-corrected chi connectivity index (χ2v) is 2.70. The molecule has 0 fully saturated rings. The van der Waals surface area contributed by atoms with Crippen molar-refractivity contribution >= 4 is 6.09 Å². The molecule has 0 saturated carbocycles. The summed E-state index contributed by atoms with van der Waals surface area (Å²) in [5, 5.41) is 2.21. The van der Waals surface area contributed by atoms with E-state index >= 15 is 0 Å². The molecule has 4 nitrogen and oxygen atoms in total. The van der Waals surface area contributed by atoms with E-state index in [1.165, 1.54) is 25.5 Å². The highest BCUT2D eigenvalue weighted by atomic mass is 19.3. The third-order valence-corrected chi connectivity index (χ3v) is 1.74. The van der Waals surface area contributed by atoms with Crippen molar-refractivity contribution in [1.82, 2.24) is 10.3 Å². The molecule has 0 bridgehead atoms. The van der Waals surface area contributed by atoms with Gasteiger partial charge in [0, 0.05) is 30.6 Å². The van der Waals surface area contributed by atoms with Gasteiger partial charge in [-0.15, -0.1) is 0 Å². The van der Waals surface area contributed by atoms with Crippen LogP contribution in [0, 0.1) is 0 Å². The van der Waals surface area contributed by atoms with E-state index in [2.05, 4.69) is 15.0 Å². The predicted octanol–water partition coefficient (Wildman–Crippen LogP) is 1.88.